The van der Waals surface area contributed by atoms with Crippen molar-refractivity contribution < 1.29 is 18.3 Å². The van der Waals surface area contributed by atoms with Gasteiger partial charge in [-0.3, -0.25) is 5.32 Å². The molecule has 1 heterocycles. The van der Waals surface area contributed by atoms with Gasteiger partial charge < -0.3 is 5.11 Å². The van der Waals surface area contributed by atoms with Crippen molar-refractivity contribution in [1.82, 2.24) is 5.32 Å². The fraction of sp³-hybridized carbons (Fsp3) is 0.417. The van der Waals surface area contributed by atoms with E-state index in [1.54, 1.807) is 25.1 Å². The maximum Gasteiger partial charge on any atom is 0.328 e. The SMILES string of the molecule is CCNC1(C(=O)O)CCS(=O)(=O)c2ccccc21. The molecule has 0 saturated heterocycles. The normalized spacial score (nSPS) is 25.4. The van der Waals surface area contributed by atoms with Crippen LogP contribution in [-0.2, 0) is 20.2 Å². The van der Waals surface area contributed by atoms with Crippen LogP contribution in [0.1, 0.15) is 18.9 Å². The number of carboxylic acid groups (broad SMARTS) is 1. The number of hydrogen-bond donors (Lipinski definition) is 2. The second kappa shape index (κ2) is 4.37. The molecule has 1 atom stereocenters. The lowest BCUT2D eigenvalue weighted by Crippen LogP contribution is -2.53. The van der Waals surface area contributed by atoms with Gasteiger partial charge in [-0.1, -0.05) is 25.1 Å². The topological polar surface area (TPSA) is 83.5 Å². The Bertz CT molecular complexity index is 581. The Morgan fingerprint density at radius 2 is 2.11 bits per heavy atom. The van der Waals surface area contributed by atoms with Gasteiger partial charge in [0.05, 0.1) is 10.6 Å². The second-order valence-electron chi connectivity index (χ2n) is 4.31. The van der Waals surface area contributed by atoms with Gasteiger partial charge in [0.2, 0.25) is 0 Å². The Labute approximate surface area is 106 Å². The first-order valence-corrected chi connectivity index (χ1v) is 7.40. The van der Waals surface area contributed by atoms with Gasteiger partial charge in [-0.05, 0) is 19.0 Å². The Morgan fingerprint density at radius 3 is 2.72 bits per heavy atom. The maximum absolute atomic E-state index is 12.0. The zero-order valence-corrected chi connectivity index (χ0v) is 10.8. The first-order valence-electron chi connectivity index (χ1n) is 5.75. The first-order chi connectivity index (χ1) is 8.44. The van der Waals surface area contributed by atoms with E-state index >= 15 is 0 Å². The van der Waals surface area contributed by atoms with Crippen LogP contribution in [-0.4, -0.2) is 31.8 Å². The van der Waals surface area contributed by atoms with E-state index in [1.165, 1.54) is 6.07 Å². The zero-order chi connectivity index (χ0) is 13.4. The smallest absolute Gasteiger partial charge is 0.328 e. The molecule has 0 fully saturated rings. The molecule has 1 aliphatic heterocycles. The van der Waals surface area contributed by atoms with E-state index in [2.05, 4.69) is 5.32 Å². The van der Waals surface area contributed by atoms with E-state index in [0.29, 0.717) is 12.1 Å². The van der Waals surface area contributed by atoms with Gasteiger partial charge in [0, 0.05) is 5.56 Å². The number of sulfone groups is 1. The third kappa shape index (κ3) is 1.81. The average molecular weight is 269 g/mol. The first kappa shape index (κ1) is 13.0. The Hall–Kier alpha value is -1.40. The van der Waals surface area contributed by atoms with Crippen LogP contribution in [0.4, 0.5) is 0 Å². The summed E-state index contributed by atoms with van der Waals surface area (Å²) in [6.45, 7) is 2.26. The van der Waals surface area contributed by atoms with Gasteiger partial charge in [-0.25, -0.2) is 13.2 Å². The summed E-state index contributed by atoms with van der Waals surface area (Å²) in [5.74, 6) is -1.18. The number of likely N-dealkylation sites (N-methyl/N-ethyl adjacent to an activating group) is 1. The highest BCUT2D eigenvalue weighted by molar-refractivity contribution is 7.91. The minimum Gasteiger partial charge on any atom is -0.480 e. The van der Waals surface area contributed by atoms with Crippen molar-refractivity contribution in [2.24, 2.45) is 0 Å². The van der Waals surface area contributed by atoms with E-state index in [1.807, 2.05) is 0 Å². The fourth-order valence-corrected chi connectivity index (χ4v) is 4.06. The van der Waals surface area contributed by atoms with Crippen LogP contribution in [0.15, 0.2) is 29.2 Å². The van der Waals surface area contributed by atoms with E-state index in [4.69, 9.17) is 0 Å². The van der Waals surface area contributed by atoms with Crippen LogP contribution >= 0.6 is 0 Å². The van der Waals surface area contributed by atoms with Crippen molar-refractivity contribution in [2.75, 3.05) is 12.3 Å². The molecular formula is C12H15NO4S. The summed E-state index contributed by atoms with van der Waals surface area (Å²) in [4.78, 5) is 11.7. The highest BCUT2D eigenvalue weighted by Gasteiger charge is 2.47. The second-order valence-corrected chi connectivity index (χ2v) is 6.38. The lowest BCUT2D eigenvalue weighted by Gasteiger charge is -2.35. The fourth-order valence-electron chi connectivity index (χ4n) is 2.41. The maximum atomic E-state index is 12.0. The quantitative estimate of drug-likeness (QED) is 0.846. The van der Waals surface area contributed by atoms with Gasteiger partial charge in [-0.2, -0.15) is 0 Å². The predicted octanol–water partition coefficient (Wildman–Crippen LogP) is 0.753. The molecule has 6 heteroatoms. The largest absolute Gasteiger partial charge is 0.480 e. The van der Waals surface area contributed by atoms with E-state index in [9.17, 15) is 18.3 Å². The number of fused-ring (bicyclic) bond motifs is 1. The number of rotatable bonds is 3. The summed E-state index contributed by atoms with van der Waals surface area (Å²) >= 11 is 0. The molecule has 1 unspecified atom stereocenters. The molecule has 0 aromatic heterocycles. The summed E-state index contributed by atoms with van der Waals surface area (Å²) in [7, 11) is -3.37. The molecule has 0 amide bonds. The van der Waals surface area contributed by atoms with Crippen molar-refractivity contribution in [1.29, 1.82) is 0 Å². The summed E-state index contributed by atoms with van der Waals surface area (Å²) < 4.78 is 23.9. The summed E-state index contributed by atoms with van der Waals surface area (Å²) in [6.07, 6.45) is 0.0511. The van der Waals surface area contributed by atoms with Crippen molar-refractivity contribution in [3.8, 4) is 0 Å². The molecule has 5 nitrogen and oxygen atoms in total. The molecule has 1 aromatic carbocycles. The third-order valence-corrected chi connectivity index (χ3v) is 5.04. The van der Waals surface area contributed by atoms with Crippen LogP contribution in [0.25, 0.3) is 0 Å². The van der Waals surface area contributed by atoms with Gasteiger partial charge >= 0.3 is 5.97 Å². The van der Waals surface area contributed by atoms with Crippen LogP contribution in [0.3, 0.4) is 0 Å². The van der Waals surface area contributed by atoms with Crippen LogP contribution in [0.5, 0.6) is 0 Å². The van der Waals surface area contributed by atoms with Crippen molar-refractivity contribution >= 4 is 15.8 Å². The summed E-state index contributed by atoms with van der Waals surface area (Å²) in [6, 6.07) is 6.32. The minimum absolute atomic E-state index is 0.0511. The van der Waals surface area contributed by atoms with Crippen LogP contribution in [0, 0.1) is 0 Å². The van der Waals surface area contributed by atoms with E-state index in [0.717, 1.165) is 0 Å². The molecule has 98 valence electrons. The number of aliphatic carboxylic acids is 1. The van der Waals surface area contributed by atoms with Crippen LogP contribution < -0.4 is 5.32 Å². The van der Waals surface area contributed by atoms with Gasteiger partial charge in [-0.15, -0.1) is 0 Å². The number of carboxylic acids is 1. The molecule has 0 aliphatic carbocycles. The van der Waals surface area contributed by atoms with Gasteiger partial charge in [0.15, 0.2) is 9.84 Å². The average Bonchev–Trinajstić information content (AvgIpc) is 2.33. The number of nitrogens with one attached hydrogen (secondary N) is 1. The predicted molar refractivity (Wildman–Crippen MR) is 66.1 cm³/mol. The molecule has 1 aliphatic rings. The highest BCUT2D eigenvalue weighted by Crippen LogP contribution is 2.37. The standard InChI is InChI=1S/C12H15NO4S/c1-2-13-12(11(14)15)7-8-18(16,17)10-6-4-3-5-9(10)12/h3-6,13H,2,7-8H2,1H3,(H,14,15). The molecule has 0 saturated carbocycles. The number of benzene rings is 1. The molecule has 1 aromatic rings. The van der Waals surface area contributed by atoms with Crippen molar-refractivity contribution in [3.05, 3.63) is 29.8 Å². The molecular weight excluding hydrogens is 254 g/mol. The Morgan fingerprint density at radius 1 is 1.44 bits per heavy atom. The lowest BCUT2D eigenvalue weighted by molar-refractivity contribution is -0.145. The zero-order valence-electron chi connectivity index (χ0n) is 10.0. The Balaban J connectivity index is 2.70. The summed E-state index contributed by atoms with van der Waals surface area (Å²) in [5.41, 5.74) is -0.956. The van der Waals surface area contributed by atoms with Crippen LogP contribution in [0.2, 0.25) is 0 Å². The van der Waals surface area contributed by atoms with Crippen molar-refractivity contribution in [3.63, 3.8) is 0 Å². The summed E-state index contributed by atoms with van der Waals surface area (Å²) in [5, 5.41) is 12.4. The monoisotopic (exact) mass is 269 g/mol. The van der Waals surface area contributed by atoms with Gasteiger partial charge in [0.25, 0.3) is 0 Å². The third-order valence-electron chi connectivity index (χ3n) is 3.27. The lowest BCUT2D eigenvalue weighted by atomic mass is 9.86. The molecule has 2 N–H and O–H groups in total. The molecule has 0 bridgehead atoms. The van der Waals surface area contributed by atoms with Crippen molar-refractivity contribution in [2.45, 2.75) is 23.8 Å². The minimum atomic E-state index is -3.37. The van der Waals surface area contributed by atoms with E-state index < -0.39 is 21.3 Å². The molecule has 0 radical (unpaired) electrons. The highest BCUT2D eigenvalue weighted by atomic mass is 32.2. The van der Waals surface area contributed by atoms with Gasteiger partial charge in [0.1, 0.15) is 5.54 Å². The number of carbonyl (C=O) groups is 1. The molecule has 18 heavy (non-hydrogen) atoms. The number of hydrogen-bond acceptors (Lipinski definition) is 4. The van der Waals surface area contributed by atoms with E-state index in [-0.39, 0.29) is 17.1 Å². The Kier molecular flexibility index (Phi) is 3.16. The molecule has 2 rings (SSSR count). The molecule has 0 spiro atoms.